The van der Waals surface area contributed by atoms with Crippen LogP contribution in [0.1, 0.15) is 42.2 Å². The van der Waals surface area contributed by atoms with Crippen LogP contribution in [0.5, 0.6) is 0 Å². The minimum absolute atomic E-state index is 0.0535. The molecule has 2 aliphatic heterocycles. The van der Waals surface area contributed by atoms with Crippen molar-refractivity contribution in [2.24, 2.45) is 5.92 Å². The number of Topliss-reactive ketones (excluding diaryl/α,β-unsaturated/α-hetero) is 1. The highest BCUT2D eigenvalue weighted by molar-refractivity contribution is 6.04. The van der Waals surface area contributed by atoms with E-state index in [4.69, 9.17) is 0 Å². The molecule has 2 amide bonds. The van der Waals surface area contributed by atoms with Crippen LogP contribution in [0.25, 0.3) is 11.1 Å². The Morgan fingerprint density at radius 1 is 1.00 bits per heavy atom. The summed E-state index contributed by atoms with van der Waals surface area (Å²) in [6, 6.07) is 16.3. The van der Waals surface area contributed by atoms with E-state index in [1.165, 1.54) is 4.90 Å². The second-order valence-electron chi connectivity index (χ2n) is 9.64. The molecular formula is C29H28N4O3. The lowest BCUT2D eigenvalue weighted by atomic mass is 9.87. The maximum absolute atomic E-state index is 14.0. The number of amides is 2. The van der Waals surface area contributed by atoms with Gasteiger partial charge in [-0.05, 0) is 59.4 Å². The second kappa shape index (κ2) is 9.85. The standard InChI is InChI=1S/C29H28N4O3/c1-19(2)16-23(22-7-5-6-21(17-22)20-9-13-30-14-10-20)28(35)32-15-11-25-27(32)26(34)18-33(25)29(36)24-8-3-4-12-31-24/h3-14,17,19,23,27H,15-16,18H2,1-2H3. The van der Waals surface area contributed by atoms with Gasteiger partial charge >= 0.3 is 0 Å². The van der Waals surface area contributed by atoms with Gasteiger partial charge in [0.15, 0.2) is 5.78 Å². The third-order valence-electron chi connectivity index (χ3n) is 6.74. The summed E-state index contributed by atoms with van der Waals surface area (Å²) < 4.78 is 0. The molecule has 182 valence electrons. The van der Waals surface area contributed by atoms with E-state index < -0.39 is 12.0 Å². The summed E-state index contributed by atoms with van der Waals surface area (Å²) in [5.41, 5.74) is 3.83. The number of ketones is 1. The molecule has 2 atom stereocenters. The molecule has 0 N–H and O–H groups in total. The highest BCUT2D eigenvalue weighted by Crippen LogP contribution is 2.35. The van der Waals surface area contributed by atoms with Crippen molar-refractivity contribution in [2.45, 2.75) is 32.2 Å². The first-order valence-corrected chi connectivity index (χ1v) is 12.2. The normalized spacial score (nSPS) is 17.8. The molecule has 0 radical (unpaired) electrons. The number of carbonyl (C=O) groups is 3. The summed E-state index contributed by atoms with van der Waals surface area (Å²) in [5, 5.41) is 0. The van der Waals surface area contributed by atoms with E-state index in [-0.39, 0.29) is 35.8 Å². The first-order valence-electron chi connectivity index (χ1n) is 12.2. The molecule has 2 aromatic heterocycles. The van der Waals surface area contributed by atoms with Crippen molar-refractivity contribution >= 4 is 17.6 Å². The van der Waals surface area contributed by atoms with Crippen LogP contribution in [0.15, 0.2) is 85.0 Å². The Hall–Kier alpha value is -4.13. The minimum Gasteiger partial charge on any atom is -0.323 e. The number of hydrogen-bond acceptors (Lipinski definition) is 5. The number of nitrogens with zero attached hydrogens (tertiary/aromatic N) is 4. The fourth-order valence-electron chi connectivity index (χ4n) is 5.06. The smallest absolute Gasteiger partial charge is 0.277 e. The summed E-state index contributed by atoms with van der Waals surface area (Å²) >= 11 is 0. The van der Waals surface area contributed by atoms with Gasteiger partial charge in [-0.25, -0.2) is 0 Å². The predicted octanol–water partition coefficient (Wildman–Crippen LogP) is 4.09. The van der Waals surface area contributed by atoms with Crippen molar-refractivity contribution in [3.63, 3.8) is 0 Å². The molecule has 1 saturated heterocycles. The molecule has 7 heteroatoms. The quantitative estimate of drug-likeness (QED) is 0.531. The van der Waals surface area contributed by atoms with Crippen molar-refractivity contribution in [2.75, 3.05) is 13.1 Å². The Balaban J connectivity index is 1.42. The van der Waals surface area contributed by atoms with Gasteiger partial charge in [0.1, 0.15) is 11.7 Å². The molecule has 0 saturated carbocycles. The maximum Gasteiger partial charge on any atom is 0.277 e. The van der Waals surface area contributed by atoms with Crippen LogP contribution in [-0.4, -0.2) is 56.5 Å². The number of rotatable bonds is 6. The van der Waals surface area contributed by atoms with E-state index in [1.807, 2.05) is 36.4 Å². The molecular weight excluding hydrogens is 452 g/mol. The van der Waals surface area contributed by atoms with Crippen LogP contribution in [0, 0.1) is 5.92 Å². The Morgan fingerprint density at radius 2 is 1.81 bits per heavy atom. The van der Waals surface area contributed by atoms with Crippen LogP contribution < -0.4 is 0 Å². The molecule has 36 heavy (non-hydrogen) atoms. The zero-order valence-electron chi connectivity index (χ0n) is 20.4. The molecule has 4 heterocycles. The highest BCUT2D eigenvalue weighted by atomic mass is 16.2. The molecule has 1 fully saturated rings. The van der Waals surface area contributed by atoms with Crippen LogP contribution >= 0.6 is 0 Å². The highest BCUT2D eigenvalue weighted by Gasteiger charge is 2.48. The monoisotopic (exact) mass is 480 g/mol. The van der Waals surface area contributed by atoms with E-state index >= 15 is 0 Å². The maximum atomic E-state index is 14.0. The third-order valence-corrected chi connectivity index (χ3v) is 6.74. The molecule has 5 rings (SSSR count). The zero-order valence-corrected chi connectivity index (χ0v) is 20.4. The Morgan fingerprint density at radius 3 is 2.53 bits per heavy atom. The van der Waals surface area contributed by atoms with Crippen LogP contribution in [-0.2, 0) is 9.59 Å². The number of benzene rings is 1. The van der Waals surface area contributed by atoms with Crippen molar-refractivity contribution in [3.05, 3.63) is 96.2 Å². The fraction of sp³-hybridized carbons (Fsp3) is 0.276. The molecule has 3 aromatic rings. The number of fused-ring (bicyclic) bond motifs is 1. The molecule has 0 bridgehead atoms. The summed E-state index contributed by atoms with van der Waals surface area (Å²) in [4.78, 5) is 51.4. The van der Waals surface area contributed by atoms with Crippen molar-refractivity contribution in [3.8, 4) is 11.1 Å². The summed E-state index contributed by atoms with van der Waals surface area (Å²) in [6.45, 7) is 4.43. The van der Waals surface area contributed by atoms with Crippen LogP contribution in [0.3, 0.4) is 0 Å². The second-order valence-corrected chi connectivity index (χ2v) is 9.64. The first kappa shape index (κ1) is 23.6. The van der Waals surface area contributed by atoms with Crippen LogP contribution in [0.4, 0.5) is 0 Å². The van der Waals surface area contributed by atoms with E-state index in [0.29, 0.717) is 18.7 Å². The number of likely N-dealkylation sites (tertiary alicyclic amines) is 1. The van der Waals surface area contributed by atoms with E-state index in [2.05, 4.69) is 29.9 Å². The SMILES string of the molecule is CC(C)CC(C(=O)N1CC=C2C1C(=O)CN2C(=O)c1ccccn1)c1cccc(-c2ccncc2)c1. The number of pyridine rings is 2. The largest absolute Gasteiger partial charge is 0.323 e. The van der Waals surface area contributed by atoms with Gasteiger partial charge in [0.25, 0.3) is 5.91 Å². The molecule has 1 aromatic carbocycles. The summed E-state index contributed by atoms with van der Waals surface area (Å²) in [7, 11) is 0. The van der Waals surface area contributed by atoms with Gasteiger partial charge in [-0.2, -0.15) is 0 Å². The van der Waals surface area contributed by atoms with E-state index in [9.17, 15) is 14.4 Å². The van der Waals surface area contributed by atoms with E-state index in [1.54, 1.807) is 41.7 Å². The van der Waals surface area contributed by atoms with Crippen LogP contribution in [0.2, 0.25) is 0 Å². The van der Waals surface area contributed by atoms with Gasteiger partial charge in [-0.1, -0.05) is 44.2 Å². The summed E-state index contributed by atoms with van der Waals surface area (Å²) in [6.07, 6.45) is 7.54. The lowest BCUT2D eigenvalue weighted by Gasteiger charge is -2.29. The van der Waals surface area contributed by atoms with Gasteiger partial charge in [-0.3, -0.25) is 24.4 Å². The Labute approximate surface area is 210 Å². The van der Waals surface area contributed by atoms with E-state index in [0.717, 1.165) is 16.7 Å². The number of aromatic nitrogens is 2. The zero-order chi connectivity index (χ0) is 25.2. The van der Waals surface area contributed by atoms with Crippen molar-refractivity contribution < 1.29 is 14.4 Å². The average molecular weight is 481 g/mol. The minimum atomic E-state index is -0.733. The van der Waals surface area contributed by atoms with Gasteiger partial charge in [0.05, 0.1) is 12.5 Å². The van der Waals surface area contributed by atoms with Gasteiger partial charge in [0.2, 0.25) is 5.91 Å². The van der Waals surface area contributed by atoms with Gasteiger partial charge in [-0.15, -0.1) is 0 Å². The number of hydrogen-bond donors (Lipinski definition) is 0. The topological polar surface area (TPSA) is 83.5 Å². The molecule has 2 aliphatic rings. The Kier molecular flexibility index (Phi) is 6.46. The van der Waals surface area contributed by atoms with Crippen molar-refractivity contribution in [1.29, 1.82) is 0 Å². The first-order chi connectivity index (χ1) is 17.4. The van der Waals surface area contributed by atoms with Gasteiger partial charge in [0, 0.05) is 30.8 Å². The van der Waals surface area contributed by atoms with Crippen molar-refractivity contribution in [1.82, 2.24) is 19.8 Å². The molecule has 0 spiro atoms. The molecule has 0 aliphatic carbocycles. The summed E-state index contributed by atoms with van der Waals surface area (Å²) in [5.74, 6) is -0.679. The van der Waals surface area contributed by atoms with Gasteiger partial charge < -0.3 is 9.80 Å². The fourth-order valence-corrected chi connectivity index (χ4v) is 5.06. The average Bonchev–Trinajstić information content (AvgIpc) is 3.49. The predicted molar refractivity (Wildman–Crippen MR) is 136 cm³/mol. The Bertz CT molecular complexity index is 1320. The molecule has 2 unspecified atom stereocenters. The number of carbonyl (C=O) groups excluding carboxylic acids is 3. The lowest BCUT2D eigenvalue weighted by Crippen LogP contribution is -2.43. The molecule has 7 nitrogen and oxygen atoms in total. The lowest BCUT2D eigenvalue weighted by molar-refractivity contribution is -0.137. The third kappa shape index (κ3) is 4.44.